The highest BCUT2D eigenvalue weighted by molar-refractivity contribution is 6.99. The smallest absolute Gasteiger partial charge is 0.301 e. The fourth-order valence-electron chi connectivity index (χ4n) is 10.2. The molecule has 0 unspecified atom stereocenters. The lowest BCUT2D eigenvalue weighted by atomic mass is 9.36. The summed E-state index contributed by atoms with van der Waals surface area (Å²) in [6, 6.07) is 48.7. The van der Waals surface area contributed by atoms with Gasteiger partial charge in [0.2, 0.25) is 0 Å². The van der Waals surface area contributed by atoms with Gasteiger partial charge in [-0.2, -0.15) is 0 Å². The molecule has 62 heavy (non-hydrogen) atoms. The zero-order valence-corrected chi connectivity index (χ0v) is 36.9. The van der Waals surface area contributed by atoms with Gasteiger partial charge in [0.15, 0.2) is 5.58 Å². The fourth-order valence-corrected chi connectivity index (χ4v) is 10.2. The number of fused-ring (bicyclic) bond motifs is 13. The van der Waals surface area contributed by atoms with Crippen LogP contribution in [-0.2, 0) is 16.2 Å². The number of anilines is 3. The first-order chi connectivity index (χ1) is 29.6. The molecule has 3 aromatic heterocycles. The van der Waals surface area contributed by atoms with Crippen LogP contribution in [-0.4, -0.2) is 11.3 Å². The molecule has 12 rings (SSSR count). The first-order valence-electron chi connectivity index (χ1n) is 22.0. The van der Waals surface area contributed by atoms with Crippen LogP contribution in [0.15, 0.2) is 142 Å². The predicted molar refractivity (Wildman–Crippen MR) is 260 cm³/mol. The van der Waals surface area contributed by atoms with Gasteiger partial charge >= 0.3 is 6.71 Å². The van der Waals surface area contributed by atoms with Crippen molar-refractivity contribution in [3.05, 3.63) is 150 Å². The molecule has 0 saturated heterocycles. The molecule has 304 valence electrons. The lowest BCUT2D eigenvalue weighted by Gasteiger charge is -2.38. The number of hydrogen-bond acceptors (Lipinski definition) is 4. The standard InChI is InChI=1S/C56H49BN2O3/c1-54(2,3)32-21-25-35(26-22-32)58-43-17-14-20-47-49(43)57(53-50(58)37-16-11-13-19-46(37)62-53)40-31-44(52-48(51(40)61-47)36-15-10-12-18-45(36)60-52)59-41-27-23-33(55(4,5)6)29-38(41)39-30-34(56(7,8)9)24-28-42(39)59/h10-31H,1-9H3. The van der Waals surface area contributed by atoms with Gasteiger partial charge in [-0.15, -0.1) is 0 Å². The Morgan fingerprint density at radius 2 is 1.08 bits per heavy atom. The topological polar surface area (TPSA) is 43.7 Å². The van der Waals surface area contributed by atoms with E-state index in [1.165, 1.54) is 27.5 Å². The summed E-state index contributed by atoms with van der Waals surface area (Å²) in [5, 5.41) is 5.53. The number of ether oxygens (including phenoxy) is 1. The first kappa shape index (κ1) is 37.1. The van der Waals surface area contributed by atoms with Crippen molar-refractivity contribution in [2.45, 2.75) is 78.6 Å². The molecule has 10 aromatic rings. The largest absolute Gasteiger partial charge is 0.468 e. The molecule has 5 nitrogen and oxygen atoms in total. The third kappa shape index (κ3) is 5.22. The van der Waals surface area contributed by atoms with E-state index in [0.29, 0.717) is 0 Å². The Morgan fingerprint density at radius 1 is 0.500 bits per heavy atom. The second-order valence-corrected chi connectivity index (χ2v) is 20.6. The van der Waals surface area contributed by atoms with E-state index >= 15 is 0 Å². The lowest BCUT2D eigenvalue weighted by Crippen LogP contribution is -2.59. The van der Waals surface area contributed by atoms with Crippen molar-refractivity contribution in [3.63, 3.8) is 0 Å². The molecule has 2 aliphatic rings. The van der Waals surface area contributed by atoms with Crippen LogP contribution < -0.4 is 26.2 Å². The maximum atomic E-state index is 7.26. The number of para-hydroxylation sites is 2. The quantitative estimate of drug-likeness (QED) is 0.163. The van der Waals surface area contributed by atoms with Gasteiger partial charge in [-0.1, -0.05) is 123 Å². The van der Waals surface area contributed by atoms with E-state index in [1.807, 2.05) is 6.07 Å². The van der Waals surface area contributed by atoms with Gasteiger partial charge in [0.05, 0.1) is 33.5 Å². The third-order valence-electron chi connectivity index (χ3n) is 13.5. The molecular formula is C56H49BN2O3. The zero-order valence-electron chi connectivity index (χ0n) is 36.9. The van der Waals surface area contributed by atoms with Crippen molar-refractivity contribution in [1.29, 1.82) is 0 Å². The van der Waals surface area contributed by atoms with E-state index in [2.05, 4.69) is 199 Å². The van der Waals surface area contributed by atoms with Crippen LogP contribution in [0.1, 0.15) is 79.0 Å². The van der Waals surface area contributed by atoms with E-state index < -0.39 is 0 Å². The van der Waals surface area contributed by atoms with Gasteiger partial charge in [-0.05, 0) is 111 Å². The predicted octanol–water partition coefficient (Wildman–Crippen LogP) is 13.7. The normalized spacial score (nSPS) is 14.0. The van der Waals surface area contributed by atoms with Crippen LogP contribution in [0.25, 0.3) is 60.4 Å². The van der Waals surface area contributed by atoms with E-state index in [4.69, 9.17) is 13.6 Å². The summed E-state index contributed by atoms with van der Waals surface area (Å²) in [7, 11) is 0. The number of nitrogens with zero attached hydrogens (tertiary/aromatic N) is 2. The number of rotatable bonds is 2. The summed E-state index contributed by atoms with van der Waals surface area (Å²) in [5.74, 6) is 1.63. The van der Waals surface area contributed by atoms with E-state index in [9.17, 15) is 0 Å². The van der Waals surface area contributed by atoms with Gasteiger partial charge in [0.1, 0.15) is 22.7 Å². The van der Waals surface area contributed by atoms with Crippen molar-refractivity contribution < 1.29 is 13.6 Å². The summed E-state index contributed by atoms with van der Waals surface area (Å²) >= 11 is 0. The van der Waals surface area contributed by atoms with Gasteiger partial charge in [0, 0.05) is 38.4 Å². The zero-order chi connectivity index (χ0) is 42.6. The van der Waals surface area contributed by atoms with Crippen molar-refractivity contribution in [1.82, 2.24) is 4.57 Å². The molecule has 0 aliphatic carbocycles. The van der Waals surface area contributed by atoms with Crippen molar-refractivity contribution in [2.75, 3.05) is 4.90 Å². The van der Waals surface area contributed by atoms with Gasteiger partial charge < -0.3 is 23.0 Å². The third-order valence-corrected chi connectivity index (χ3v) is 13.5. The minimum atomic E-state index is -0.262. The van der Waals surface area contributed by atoms with E-state index in [1.54, 1.807) is 0 Å². The molecule has 0 amide bonds. The Balaban J connectivity index is 1.19. The van der Waals surface area contributed by atoms with Gasteiger partial charge in [-0.25, -0.2) is 0 Å². The number of furan rings is 2. The summed E-state index contributed by atoms with van der Waals surface area (Å²) in [5.41, 5.74) is 15.9. The van der Waals surface area contributed by atoms with Crippen LogP contribution in [0.3, 0.4) is 0 Å². The van der Waals surface area contributed by atoms with Crippen LogP contribution in [0.4, 0.5) is 17.1 Å². The molecule has 0 fully saturated rings. The summed E-state index contributed by atoms with van der Waals surface area (Å²) < 4.78 is 23.8. The van der Waals surface area contributed by atoms with E-state index in [-0.39, 0.29) is 23.0 Å². The average Bonchev–Trinajstić information content (AvgIpc) is 3.92. The summed E-state index contributed by atoms with van der Waals surface area (Å²) in [6.45, 7) is 20.3. The van der Waals surface area contributed by atoms with Crippen molar-refractivity contribution in [2.24, 2.45) is 0 Å². The van der Waals surface area contributed by atoms with Crippen LogP contribution >= 0.6 is 0 Å². The van der Waals surface area contributed by atoms with Crippen LogP contribution in [0, 0.1) is 0 Å². The highest BCUT2D eigenvalue weighted by atomic mass is 16.5. The van der Waals surface area contributed by atoms with Gasteiger partial charge in [-0.3, -0.25) is 0 Å². The Morgan fingerprint density at radius 3 is 1.71 bits per heavy atom. The van der Waals surface area contributed by atoms with Crippen LogP contribution in [0.2, 0.25) is 0 Å². The molecule has 5 heterocycles. The van der Waals surface area contributed by atoms with E-state index in [0.717, 1.165) is 94.8 Å². The molecule has 0 saturated carbocycles. The molecule has 0 N–H and O–H groups in total. The Bertz CT molecular complexity index is 3440. The number of hydrogen-bond donors (Lipinski definition) is 0. The summed E-state index contributed by atoms with van der Waals surface area (Å²) in [6.07, 6.45) is 0. The molecule has 6 heteroatoms. The highest BCUT2D eigenvalue weighted by Crippen LogP contribution is 2.49. The Hall–Kier alpha value is -6.66. The first-order valence-corrected chi connectivity index (χ1v) is 22.0. The van der Waals surface area contributed by atoms with Crippen molar-refractivity contribution in [3.8, 4) is 17.2 Å². The second kappa shape index (κ2) is 12.5. The number of benzene rings is 7. The minimum absolute atomic E-state index is 0.0156. The molecule has 2 aliphatic heterocycles. The molecule has 0 bridgehead atoms. The Labute approximate surface area is 362 Å². The molecule has 7 aromatic carbocycles. The minimum Gasteiger partial charge on any atom is -0.468 e. The SMILES string of the molecule is CC(C)(C)c1ccc(N2c3cccc4c3B(c3cc(-n5c6ccc(C(C)(C)C)cc6c6cc(C(C)(C)C)ccc65)c5oc6ccccc6c5c3O4)c3oc4ccccc4c32)cc1. The fraction of sp³-hybridized carbons (Fsp3) is 0.214. The maximum absolute atomic E-state index is 7.26. The van der Waals surface area contributed by atoms with Crippen molar-refractivity contribution >= 4 is 95.1 Å². The Kier molecular flexibility index (Phi) is 7.47. The highest BCUT2D eigenvalue weighted by Gasteiger charge is 2.47. The van der Waals surface area contributed by atoms with Gasteiger partial charge in [0.25, 0.3) is 0 Å². The molecule has 0 atom stereocenters. The molecule has 0 radical (unpaired) electrons. The molecule has 0 spiro atoms. The van der Waals surface area contributed by atoms with Crippen LogP contribution in [0.5, 0.6) is 11.5 Å². The number of aromatic nitrogens is 1. The summed E-state index contributed by atoms with van der Waals surface area (Å²) in [4.78, 5) is 2.39. The molecular weight excluding hydrogens is 759 g/mol. The maximum Gasteiger partial charge on any atom is 0.301 e. The lowest BCUT2D eigenvalue weighted by molar-refractivity contribution is 0.492. The second-order valence-electron chi connectivity index (χ2n) is 20.6. The average molecular weight is 809 g/mol. The monoisotopic (exact) mass is 808 g/mol.